The SMILES string of the molecule is CNC(=O)c1ccc(Nc2nc(-c3cnc(OC)nc3OC)cc3cc[nH]c(=O)c23)cc1C. The third-order valence-electron chi connectivity index (χ3n) is 5.10. The largest absolute Gasteiger partial charge is 0.480 e. The highest BCUT2D eigenvalue weighted by Crippen LogP contribution is 2.32. The summed E-state index contributed by atoms with van der Waals surface area (Å²) in [6, 6.07) is 9.00. The molecule has 0 aliphatic rings. The number of nitrogens with one attached hydrogen (secondary N) is 3. The number of amides is 1. The molecule has 0 bridgehead atoms. The van der Waals surface area contributed by atoms with E-state index < -0.39 is 0 Å². The van der Waals surface area contributed by atoms with Crippen LogP contribution in [0, 0.1) is 6.92 Å². The van der Waals surface area contributed by atoms with Crippen LogP contribution in [0.2, 0.25) is 0 Å². The van der Waals surface area contributed by atoms with Gasteiger partial charge in [-0.25, -0.2) is 9.97 Å². The standard InChI is InChI=1S/C23H22N6O4/c1-12-9-14(5-6-15(12)20(30)24-2)27-19-18-13(7-8-25-21(18)31)10-17(28-19)16-11-26-23(33-4)29-22(16)32-3/h5-11H,1-4H3,(H,24,30)(H,25,31)(H,27,28). The molecule has 0 unspecified atom stereocenters. The fraction of sp³-hybridized carbons (Fsp3) is 0.174. The van der Waals surface area contributed by atoms with Crippen molar-refractivity contribution in [2.24, 2.45) is 0 Å². The summed E-state index contributed by atoms with van der Waals surface area (Å²) in [7, 11) is 4.54. The number of nitrogens with zero attached hydrogens (tertiary/aromatic N) is 3. The van der Waals surface area contributed by atoms with Crippen molar-refractivity contribution in [1.29, 1.82) is 0 Å². The molecule has 0 saturated heterocycles. The molecule has 0 saturated carbocycles. The van der Waals surface area contributed by atoms with Gasteiger partial charge in [0.2, 0.25) is 5.88 Å². The summed E-state index contributed by atoms with van der Waals surface area (Å²) in [4.78, 5) is 40.4. The molecule has 0 aliphatic heterocycles. The lowest BCUT2D eigenvalue weighted by Crippen LogP contribution is -2.18. The fourth-order valence-electron chi connectivity index (χ4n) is 3.49. The van der Waals surface area contributed by atoms with Gasteiger partial charge >= 0.3 is 6.01 Å². The molecular weight excluding hydrogens is 424 g/mol. The zero-order chi connectivity index (χ0) is 23.5. The van der Waals surface area contributed by atoms with Crippen LogP contribution in [0.25, 0.3) is 22.0 Å². The number of pyridine rings is 2. The number of hydrogen-bond acceptors (Lipinski definition) is 8. The van der Waals surface area contributed by atoms with Crippen molar-refractivity contribution in [3.05, 3.63) is 64.2 Å². The average molecular weight is 446 g/mol. The number of aromatic nitrogens is 4. The first-order valence-corrected chi connectivity index (χ1v) is 10.0. The van der Waals surface area contributed by atoms with Crippen LogP contribution in [0.15, 0.2) is 47.5 Å². The van der Waals surface area contributed by atoms with Gasteiger partial charge in [0.15, 0.2) is 0 Å². The number of benzene rings is 1. The Morgan fingerprint density at radius 2 is 1.91 bits per heavy atom. The summed E-state index contributed by atoms with van der Waals surface area (Å²) in [6.45, 7) is 1.84. The minimum absolute atomic E-state index is 0.165. The molecule has 33 heavy (non-hydrogen) atoms. The van der Waals surface area contributed by atoms with E-state index >= 15 is 0 Å². The van der Waals surface area contributed by atoms with Crippen molar-refractivity contribution in [1.82, 2.24) is 25.3 Å². The Morgan fingerprint density at radius 3 is 2.61 bits per heavy atom. The summed E-state index contributed by atoms with van der Waals surface area (Å²) in [5, 5.41) is 6.89. The van der Waals surface area contributed by atoms with Crippen LogP contribution >= 0.6 is 0 Å². The van der Waals surface area contributed by atoms with Crippen LogP contribution in [-0.2, 0) is 0 Å². The number of rotatable bonds is 6. The maximum Gasteiger partial charge on any atom is 0.319 e. The van der Waals surface area contributed by atoms with E-state index in [0.717, 1.165) is 5.56 Å². The van der Waals surface area contributed by atoms with Gasteiger partial charge in [0, 0.05) is 30.7 Å². The maximum absolute atomic E-state index is 12.6. The van der Waals surface area contributed by atoms with Crippen molar-refractivity contribution in [2.45, 2.75) is 6.92 Å². The van der Waals surface area contributed by atoms with Gasteiger partial charge < -0.3 is 25.1 Å². The van der Waals surface area contributed by atoms with Crippen molar-refractivity contribution in [3.63, 3.8) is 0 Å². The van der Waals surface area contributed by atoms with E-state index in [9.17, 15) is 9.59 Å². The second-order valence-electron chi connectivity index (χ2n) is 7.14. The summed E-state index contributed by atoms with van der Waals surface area (Å²) in [5.74, 6) is 0.456. The predicted octanol–water partition coefficient (Wildman–Crippen LogP) is 2.81. The number of carbonyl (C=O) groups excluding carboxylic acids is 1. The molecule has 1 amide bonds. The molecule has 0 fully saturated rings. The summed E-state index contributed by atoms with van der Waals surface area (Å²) in [5.41, 5.74) is 2.77. The smallest absolute Gasteiger partial charge is 0.319 e. The van der Waals surface area contributed by atoms with E-state index in [1.54, 1.807) is 43.7 Å². The van der Waals surface area contributed by atoms with Gasteiger partial charge in [0.05, 0.1) is 30.9 Å². The summed E-state index contributed by atoms with van der Waals surface area (Å²) < 4.78 is 10.5. The van der Waals surface area contributed by atoms with E-state index in [-0.39, 0.29) is 23.4 Å². The number of hydrogen-bond donors (Lipinski definition) is 3. The first kappa shape index (κ1) is 21.8. The first-order chi connectivity index (χ1) is 15.9. The molecule has 10 heteroatoms. The molecule has 3 aromatic heterocycles. The predicted molar refractivity (Wildman–Crippen MR) is 124 cm³/mol. The van der Waals surface area contributed by atoms with Crippen LogP contribution in [-0.4, -0.2) is 47.1 Å². The van der Waals surface area contributed by atoms with E-state index in [2.05, 4.69) is 30.6 Å². The van der Waals surface area contributed by atoms with Gasteiger partial charge in [-0.1, -0.05) is 0 Å². The fourth-order valence-corrected chi connectivity index (χ4v) is 3.49. The lowest BCUT2D eigenvalue weighted by molar-refractivity contribution is 0.0962. The normalized spacial score (nSPS) is 10.7. The van der Waals surface area contributed by atoms with E-state index in [1.165, 1.54) is 14.2 Å². The van der Waals surface area contributed by atoms with Crippen LogP contribution < -0.4 is 25.7 Å². The number of fused-ring (bicyclic) bond motifs is 1. The Labute approximate surface area is 189 Å². The molecule has 1 aromatic carbocycles. The zero-order valence-corrected chi connectivity index (χ0v) is 18.5. The zero-order valence-electron chi connectivity index (χ0n) is 18.5. The third kappa shape index (κ3) is 4.18. The number of aromatic amines is 1. The lowest BCUT2D eigenvalue weighted by Gasteiger charge is -2.14. The Morgan fingerprint density at radius 1 is 1.09 bits per heavy atom. The Bertz CT molecular complexity index is 1420. The van der Waals surface area contributed by atoms with E-state index in [0.29, 0.717) is 39.1 Å². The van der Waals surface area contributed by atoms with Crippen LogP contribution in [0.3, 0.4) is 0 Å². The topological polar surface area (TPSA) is 131 Å². The van der Waals surface area contributed by atoms with Gasteiger partial charge in [-0.15, -0.1) is 0 Å². The van der Waals surface area contributed by atoms with Gasteiger partial charge in [-0.3, -0.25) is 9.59 Å². The number of methoxy groups -OCH3 is 2. The number of anilines is 2. The molecule has 0 atom stereocenters. The van der Waals surface area contributed by atoms with Crippen LogP contribution in [0.5, 0.6) is 11.9 Å². The lowest BCUT2D eigenvalue weighted by atomic mass is 10.1. The summed E-state index contributed by atoms with van der Waals surface area (Å²) >= 11 is 0. The average Bonchev–Trinajstić information content (AvgIpc) is 2.83. The number of carbonyl (C=O) groups is 1. The molecule has 3 N–H and O–H groups in total. The summed E-state index contributed by atoms with van der Waals surface area (Å²) in [6.07, 6.45) is 3.13. The first-order valence-electron chi connectivity index (χ1n) is 10.0. The highest BCUT2D eigenvalue weighted by molar-refractivity contribution is 5.97. The van der Waals surface area contributed by atoms with Gasteiger partial charge in [0.25, 0.3) is 11.5 Å². The van der Waals surface area contributed by atoms with Crippen LogP contribution in [0.4, 0.5) is 11.5 Å². The molecule has 10 nitrogen and oxygen atoms in total. The van der Waals surface area contributed by atoms with E-state index in [4.69, 9.17) is 9.47 Å². The second kappa shape index (κ2) is 8.95. The van der Waals surface area contributed by atoms with Crippen LogP contribution in [0.1, 0.15) is 15.9 Å². The maximum atomic E-state index is 12.6. The van der Waals surface area contributed by atoms with Crippen molar-refractivity contribution < 1.29 is 14.3 Å². The molecule has 3 heterocycles. The molecule has 0 radical (unpaired) electrons. The van der Waals surface area contributed by atoms with Crippen molar-refractivity contribution in [3.8, 4) is 23.1 Å². The number of ether oxygens (including phenoxy) is 2. The molecule has 0 spiro atoms. The molecule has 168 valence electrons. The highest BCUT2D eigenvalue weighted by Gasteiger charge is 2.17. The third-order valence-corrected chi connectivity index (χ3v) is 5.10. The van der Waals surface area contributed by atoms with Crippen molar-refractivity contribution >= 4 is 28.2 Å². The number of H-pyrrole nitrogens is 1. The monoisotopic (exact) mass is 446 g/mol. The Hall–Kier alpha value is -4.47. The van der Waals surface area contributed by atoms with Gasteiger partial charge in [-0.05, 0) is 48.2 Å². The molecule has 0 aliphatic carbocycles. The highest BCUT2D eigenvalue weighted by atomic mass is 16.5. The minimum Gasteiger partial charge on any atom is -0.480 e. The minimum atomic E-state index is -0.286. The number of aryl methyl sites for hydroxylation is 1. The van der Waals surface area contributed by atoms with Gasteiger partial charge in [-0.2, -0.15) is 4.98 Å². The second-order valence-corrected chi connectivity index (χ2v) is 7.14. The Balaban J connectivity index is 1.86. The molecule has 4 aromatic rings. The quantitative estimate of drug-likeness (QED) is 0.412. The van der Waals surface area contributed by atoms with Crippen molar-refractivity contribution in [2.75, 3.05) is 26.6 Å². The Kier molecular flexibility index (Phi) is 5.90. The molecular formula is C23H22N6O4. The van der Waals surface area contributed by atoms with E-state index in [1.807, 2.05) is 13.0 Å². The molecule has 4 rings (SSSR count). The van der Waals surface area contributed by atoms with Gasteiger partial charge in [0.1, 0.15) is 5.82 Å².